The number of thiazole rings is 1. The molecule has 0 aliphatic rings. The van der Waals surface area contributed by atoms with Crippen molar-refractivity contribution in [3.05, 3.63) is 137 Å². The Morgan fingerprint density at radius 2 is 1.55 bits per heavy atom. The van der Waals surface area contributed by atoms with Crippen molar-refractivity contribution in [2.45, 2.75) is 53.8 Å². The van der Waals surface area contributed by atoms with Crippen molar-refractivity contribution in [1.29, 1.82) is 0 Å². The van der Waals surface area contributed by atoms with Crippen molar-refractivity contribution < 1.29 is 28.6 Å². The first-order chi connectivity index (χ1) is 24.3. The van der Waals surface area contributed by atoms with Gasteiger partial charge in [-0.3, -0.25) is 0 Å². The van der Waals surface area contributed by atoms with E-state index in [1.165, 1.54) is 34.0 Å². The molecule has 0 N–H and O–H groups in total. The summed E-state index contributed by atoms with van der Waals surface area (Å²) in [5.74, 6) is 0. The fourth-order valence-electron chi connectivity index (χ4n) is 6.23. The molecule has 1 radical (unpaired) electrons. The van der Waals surface area contributed by atoms with Crippen LogP contribution in [0.25, 0.3) is 65.8 Å². The predicted molar refractivity (Wildman–Crippen MR) is 201 cm³/mol. The molecule has 49 heavy (non-hydrogen) atoms. The number of pyridine rings is 2. The summed E-state index contributed by atoms with van der Waals surface area (Å²) in [6.07, 6.45) is 3.43. The molecule has 0 saturated carbocycles. The molecule has 0 atom stereocenters. The molecule has 0 fully saturated rings. The Morgan fingerprint density at radius 3 is 2.24 bits per heavy atom. The first kappa shape index (κ1) is 30.6. The van der Waals surface area contributed by atoms with Gasteiger partial charge in [0.05, 0.1) is 15.3 Å². The Balaban J connectivity index is 0.000000230. The van der Waals surface area contributed by atoms with E-state index in [1.807, 2.05) is 37.4 Å². The summed E-state index contributed by atoms with van der Waals surface area (Å²) in [6.45, 7) is 11.0. The van der Waals surface area contributed by atoms with Gasteiger partial charge in [-0.15, -0.1) is 65.4 Å². The fourth-order valence-corrected chi connectivity index (χ4v) is 7.06. The van der Waals surface area contributed by atoms with Crippen molar-refractivity contribution in [2.24, 2.45) is 0 Å². The molecule has 4 aromatic heterocycles. The van der Waals surface area contributed by atoms with Crippen molar-refractivity contribution >= 4 is 43.5 Å². The number of hydrogen-bond acceptors (Lipinski definition) is 5. The van der Waals surface area contributed by atoms with Crippen molar-refractivity contribution in [3.63, 3.8) is 0 Å². The van der Waals surface area contributed by atoms with Crippen LogP contribution in [-0.4, -0.2) is 15.0 Å². The molecule has 0 aliphatic heterocycles. The third-order valence-corrected chi connectivity index (χ3v) is 9.47. The second-order valence-electron chi connectivity index (χ2n) is 13.1. The zero-order valence-corrected chi connectivity index (χ0v) is 31.4. The Morgan fingerprint density at radius 1 is 0.776 bits per heavy atom. The van der Waals surface area contributed by atoms with Gasteiger partial charge >= 0.3 is 0 Å². The first-order valence-corrected chi connectivity index (χ1v) is 16.8. The Labute approximate surface area is 309 Å². The number of rotatable bonds is 3. The number of fused-ring (bicyclic) bond motifs is 5. The maximum Gasteiger partial charge on any atom is 0.148 e. The summed E-state index contributed by atoms with van der Waals surface area (Å²) < 4.78 is 29.4. The maximum atomic E-state index is 7.23. The van der Waals surface area contributed by atoms with E-state index < -0.39 is 6.85 Å². The predicted octanol–water partition coefficient (Wildman–Crippen LogP) is 11.8. The van der Waals surface area contributed by atoms with Crippen LogP contribution in [-0.2, 0) is 25.5 Å². The number of aromatic nitrogens is 3. The van der Waals surface area contributed by atoms with Gasteiger partial charge in [0, 0.05) is 42.0 Å². The van der Waals surface area contributed by atoms with E-state index in [0.717, 1.165) is 59.7 Å². The molecule has 4 aromatic carbocycles. The summed E-state index contributed by atoms with van der Waals surface area (Å²) in [7, 11) is 0. The van der Waals surface area contributed by atoms with Gasteiger partial charge in [0.25, 0.3) is 0 Å². The zero-order valence-electron chi connectivity index (χ0n) is 31.2. The van der Waals surface area contributed by atoms with Gasteiger partial charge < -0.3 is 14.4 Å². The second kappa shape index (κ2) is 13.8. The van der Waals surface area contributed by atoms with Gasteiger partial charge in [0.2, 0.25) is 0 Å². The minimum atomic E-state index is -2.09. The molecule has 6 heteroatoms. The van der Waals surface area contributed by atoms with Crippen LogP contribution >= 0.6 is 11.3 Å². The molecule has 0 aliphatic carbocycles. The van der Waals surface area contributed by atoms with Crippen LogP contribution in [0.3, 0.4) is 0 Å². The van der Waals surface area contributed by atoms with Crippen molar-refractivity contribution in [2.75, 3.05) is 0 Å². The van der Waals surface area contributed by atoms with Crippen molar-refractivity contribution in [3.8, 4) is 33.6 Å². The molecule has 247 valence electrons. The van der Waals surface area contributed by atoms with E-state index in [-0.39, 0.29) is 31.1 Å². The van der Waals surface area contributed by atoms with Crippen molar-refractivity contribution in [1.82, 2.24) is 15.0 Å². The minimum absolute atomic E-state index is 0. The van der Waals surface area contributed by atoms with Gasteiger partial charge in [-0.05, 0) is 83.9 Å². The molecule has 0 saturated heterocycles. The molecule has 0 spiro atoms. The molecule has 0 unspecified atom stereocenters. The fraction of sp³-hybridized carbons (Fsp3) is 0.186. The molecule has 4 nitrogen and oxygen atoms in total. The van der Waals surface area contributed by atoms with Crippen LogP contribution in [0.5, 0.6) is 0 Å². The summed E-state index contributed by atoms with van der Waals surface area (Å²) in [5.41, 5.74) is 12.4. The molecule has 4 heterocycles. The standard InChI is InChI=1S/C31H27N2OS.C12H10N.Ir/c1-17-9-7-10-18(2)27(17)23-15-25(32-16-24(23)31(4,5)6)22-12-8-11-20-21-13-14-26-28(33-19(3)35-26)30(21)34-29(20)22;1-10-7-8-12(13-9-10)11-5-3-2-4-6-11;/h7-11,13-16H,1-6H3;2-5,7-9H,1H3;/q2*-1;/i;1D3;. The monoisotopic (exact) mass is 839 g/mol. The average Bonchev–Trinajstić information content (AvgIpc) is 3.68. The van der Waals surface area contributed by atoms with Crippen LogP contribution in [0, 0.1) is 39.8 Å². The summed E-state index contributed by atoms with van der Waals surface area (Å²) in [5, 5.41) is 3.18. The van der Waals surface area contributed by atoms with Gasteiger partial charge in [-0.1, -0.05) is 74.2 Å². The summed E-state index contributed by atoms with van der Waals surface area (Å²) in [6, 6.07) is 34.2. The zero-order chi connectivity index (χ0) is 36.1. The molecule has 0 bridgehead atoms. The average molecular weight is 839 g/mol. The van der Waals surface area contributed by atoms with E-state index in [2.05, 4.69) is 94.2 Å². The van der Waals surface area contributed by atoms with Crippen LogP contribution in [0.4, 0.5) is 0 Å². The molecular formula is C43H37IrN3OS-2. The van der Waals surface area contributed by atoms with Gasteiger partial charge in [0.1, 0.15) is 11.1 Å². The van der Waals surface area contributed by atoms with E-state index in [1.54, 1.807) is 29.5 Å². The Kier molecular flexibility index (Phi) is 8.61. The SMILES string of the molecule is Cc1nc2c(ccc3c4cc[c-]c(-c5cc(-c6c(C)cccc6C)c(C(C)(C)C)cn5)c4oc32)s1.[2H]C([2H])([2H])c1ccc(-c2[c-]cccc2)nc1.[Ir]. The Hall–Kier alpha value is -4.48. The van der Waals surface area contributed by atoms with E-state index >= 15 is 0 Å². The Bertz CT molecular complexity index is 2510. The quantitative estimate of drug-likeness (QED) is 0.166. The normalized spacial score (nSPS) is 12.6. The number of benzene rings is 4. The van der Waals surface area contributed by atoms with Crippen LogP contribution < -0.4 is 0 Å². The number of hydrogen-bond donors (Lipinski definition) is 0. The third kappa shape index (κ3) is 6.74. The minimum Gasteiger partial charge on any atom is -0.498 e. The van der Waals surface area contributed by atoms with E-state index in [0.29, 0.717) is 0 Å². The molecular weight excluding hydrogens is 799 g/mol. The van der Waals surface area contributed by atoms with E-state index in [4.69, 9.17) is 18.5 Å². The van der Waals surface area contributed by atoms with E-state index in [9.17, 15) is 0 Å². The summed E-state index contributed by atoms with van der Waals surface area (Å²) >= 11 is 1.69. The maximum absolute atomic E-state index is 7.23. The van der Waals surface area contributed by atoms with Gasteiger partial charge in [0.15, 0.2) is 0 Å². The van der Waals surface area contributed by atoms with Crippen LogP contribution in [0.2, 0.25) is 0 Å². The number of furan rings is 1. The molecule has 0 amide bonds. The van der Waals surface area contributed by atoms with Gasteiger partial charge in [-0.25, -0.2) is 4.98 Å². The van der Waals surface area contributed by atoms with Gasteiger partial charge in [-0.2, -0.15) is 0 Å². The topological polar surface area (TPSA) is 51.8 Å². The van der Waals surface area contributed by atoms with Crippen LogP contribution in [0.15, 0.2) is 102 Å². The third-order valence-electron chi connectivity index (χ3n) is 8.53. The first-order valence-electron chi connectivity index (χ1n) is 17.4. The second-order valence-corrected chi connectivity index (χ2v) is 14.3. The molecule has 8 rings (SSSR count). The number of aryl methyl sites for hydroxylation is 4. The largest absolute Gasteiger partial charge is 0.498 e. The molecule has 8 aromatic rings. The smallest absolute Gasteiger partial charge is 0.148 e. The summed E-state index contributed by atoms with van der Waals surface area (Å²) in [4.78, 5) is 13.8. The number of nitrogens with zero attached hydrogens (tertiary/aromatic N) is 3. The van der Waals surface area contributed by atoms with Crippen LogP contribution in [0.1, 0.15) is 52.1 Å².